The van der Waals surface area contributed by atoms with E-state index in [4.69, 9.17) is 28.9 Å². The van der Waals surface area contributed by atoms with Crippen LogP contribution in [0.5, 0.6) is 0 Å². The minimum absolute atomic E-state index is 0.171. The van der Waals surface area contributed by atoms with Crippen molar-refractivity contribution in [3.8, 4) is 0 Å². The number of halogens is 2. The molecule has 0 radical (unpaired) electrons. The van der Waals surface area contributed by atoms with E-state index in [2.05, 4.69) is 5.32 Å². The number of carbonyl (C=O) groups is 2. The number of urea groups is 1. The number of anilines is 1. The molecule has 0 spiro atoms. The number of rotatable bonds is 4. The maximum atomic E-state index is 12.6. The molecule has 146 valence electrons. The number of aryl methyl sites for hydroxylation is 1. The Balaban J connectivity index is 1.86. The zero-order chi connectivity index (χ0) is 20.6. The molecule has 3 amide bonds. The summed E-state index contributed by atoms with van der Waals surface area (Å²) in [7, 11) is -2.34. The van der Waals surface area contributed by atoms with Crippen LogP contribution in [0.15, 0.2) is 47.4 Å². The first-order valence-electron chi connectivity index (χ1n) is 7.77. The number of amides is 3. The number of hydrogen-bond donors (Lipinski definition) is 3. The molecule has 3 aromatic rings. The fourth-order valence-electron chi connectivity index (χ4n) is 2.67. The fraction of sp³-hybridized carbons (Fsp3) is 0.0588. The van der Waals surface area contributed by atoms with Crippen molar-refractivity contribution in [2.24, 2.45) is 12.8 Å². The number of carbonyl (C=O) groups excluding carboxylic acids is 2. The molecule has 1 heterocycles. The van der Waals surface area contributed by atoms with Crippen molar-refractivity contribution in [1.29, 1.82) is 0 Å². The highest BCUT2D eigenvalue weighted by atomic mass is 35.5. The third-order valence-corrected chi connectivity index (χ3v) is 6.19. The lowest BCUT2D eigenvalue weighted by atomic mass is 10.2. The van der Waals surface area contributed by atoms with Gasteiger partial charge in [-0.3, -0.25) is 4.79 Å². The topological polar surface area (TPSA) is 123 Å². The summed E-state index contributed by atoms with van der Waals surface area (Å²) in [5, 5.41) is 4.05. The average molecular weight is 441 g/mol. The Morgan fingerprint density at radius 1 is 1.07 bits per heavy atom. The molecule has 0 saturated heterocycles. The summed E-state index contributed by atoms with van der Waals surface area (Å²) >= 11 is 12.2. The van der Waals surface area contributed by atoms with Gasteiger partial charge < -0.3 is 15.6 Å². The van der Waals surface area contributed by atoms with E-state index in [1.54, 1.807) is 34.5 Å². The van der Waals surface area contributed by atoms with Crippen molar-refractivity contribution < 1.29 is 18.0 Å². The summed E-state index contributed by atoms with van der Waals surface area (Å²) in [6.45, 7) is 0. The molecule has 0 aliphatic carbocycles. The van der Waals surface area contributed by atoms with Crippen molar-refractivity contribution >= 4 is 61.8 Å². The van der Waals surface area contributed by atoms with Gasteiger partial charge in [-0.15, -0.1) is 0 Å². The van der Waals surface area contributed by atoms with Crippen LogP contribution in [0.4, 0.5) is 10.5 Å². The van der Waals surface area contributed by atoms with Gasteiger partial charge in [0.05, 0.1) is 14.9 Å². The van der Waals surface area contributed by atoms with Crippen LogP contribution in [0.3, 0.4) is 0 Å². The zero-order valence-corrected chi connectivity index (χ0v) is 16.7. The lowest BCUT2D eigenvalue weighted by molar-refractivity contribution is 0.101. The molecule has 0 saturated carbocycles. The minimum Gasteiger partial charge on any atom is -0.351 e. The highest BCUT2D eigenvalue weighted by Crippen LogP contribution is 2.32. The van der Waals surface area contributed by atoms with Gasteiger partial charge in [0, 0.05) is 23.6 Å². The van der Waals surface area contributed by atoms with Crippen molar-refractivity contribution in [3.63, 3.8) is 0 Å². The fourth-order valence-corrected chi connectivity index (χ4v) is 3.93. The number of nitrogens with one attached hydrogen (secondary N) is 2. The molecule has 0 fully saturated rings. The number of primary amides is 1. The summed E-state index contributed by atoms with van der Waals surface area (Å²) in [6.07, 6.45) is 0. The first kappa shape index (κ1) is 20.0. The number of nitrogens with zero attached hydrogens (tertiary/aromatic N) is 1. The largest absolute Gasteiger partial charge is 0.351 e. The Morgan fingerprint density at radius 3 is 2.32 bits per heavy atom. The van der Waals surface area contributed by atoms with Gasteiger partial charge in [-0.05, 0) is 42.5 Å². The smallest absolute Gasteiger partial charge is 0.326 e. The number of aromatic nitrogens is 1. The third kappa shape index (κ3) is 3.77. The summed E-state index contributed by atoms with van der Waals surface area (Å²) in [5.74, 6) is -0.420. The van der Waals surface area contributed by atoms with Crippen LogP contribution >= 0.6 is 23.2 Å². The van der Waals surface area contributed by atoms with Gasteiger partial charge in [-0.1, -0.05) is 23.2 Å². The molecule has 28 heavy (non-hydrogen) atoms. The van der Waals surface area contributed by atoms with Gasteiger partial charge in [0.15, 0.2) is 0 Å². The predicted octanol–water partition coefficient (Wildman–Crippen LogP) is 3.09. The normalized spacial score (nSPS) is 11.4. The number of hydrogen-bond acceptors (Lipinski definition) is 4. The van der Waals surface area contributed by atoms with E-state index < -0.39 is 22.0 Å². The molecule has 0 unspecified atom stereocenters. The van der Waals surface area contributed by atoms with Crippen LogP contribution in [0, 0.1) is 0 Å². The molecule has 0 aliphatic heterocycles. The molecule has 11 heteroatoms. The van der Waals surface area contributed by atoms with E-state index in [0.29, 0.717) is 26.8 Å². The van der Waals surface area contributed by atoms with Crippen LogP contribution < -0.4 is 15.8 Å². The minimum atomic E-state index is -4.06. The molecule has 0 aliphatic rings. The molecule has 0 bridgehead atoms. The zero-order valence-electron chi connectivity index (χ0n) is 14.4. The van der Waals surface area contributed by atoms with Crippen LogP contribution in [-0.2, 0) is 17.1 Å². The van der Waals surface area contributed by atoms with Gasteiger partial charge in [-0.2, -0.15) is 0 Å². The second-order valence-corrected chi connectivity index (χ2v) is 8.30. The summed E-state index contributed by atoms with van der Waals surface area (Å²) in [4.78, 5) is 23.2. The quantitative estimate of drug-likeness (QED) is 0.576. The maximum Gasteiger partial charge on any atom is 0.326 e. The Hall–Kier alpha value is -2.75. The Bertz CT molecular complexity index is 1200. The number of fused-ring (bicyclic) bond motifs is 1. The second kappa shape index (κ2) is 7.34. The van der Waals surface area contributed by atoms with E-state index in [1.165, 1.54) is 24.3 Å². The first-order chi connectivity index (χ1) is 13.1. The van der Waals surface area contributed by atoms with E-state index in [1.807, 2.05) is 0 Å². The van der Waals surface area contributed by atoms with Gasteiger partial charge in [0.1, 0.15) is 5.69 Å². The van der Waals surface area contributed by atoms with Crippen molar-refractivity contribution in [2.75, 3.05) is 5.32 Å². The van der Waals surface area contributed by atoms with Crippen molar-refractivity contribution in [1.82, 2.24) is 9.29 Å². The maximum absolute atomic E-state index is 12.6. The van der Waals surface area contributed by atoms with E-state index in [9.17, 15) is 18.0 Å². The van der Waals surface area contributed by atoms with E-state index >= 15 is 0 Å². The lowest BCUT2D eigenvalue weighted by Crippen LogP contribution is -2.34. The Kier molecular flexibility index (Phi) is 5.24. The number of benzene rings is 2. The first-order valence-corrected chi connectivity index (χ1v) is 10.0. The van der Waals surface area contributed by atoms with Gasteiger partial charge in [-0.25, -0.2) is 17.9 Å². The Labute approximate surface area is 170 Å². The molecule has 3 rings (SSSR count). The van der Waals surface area contributed by atoms with Crippen molar-refractivity contribution in [2.45, 2.75) is 4.90 Å². The molecule has 1 aromatic heterocycles. The molecule has 4 N–H and O–H groups in total. The van der Waals surface area contributed by atoms with Gasteiger partial charge in [0.2, 0.25) is 0 Å². The second-order valence-electron chi connectivity index (χ2n) is 5.83. The monoisotopic (exact) mass is 440 g/mol. The van der Waals surface area contributed by atoms with Crippen LogP contribution in [0.2, 0.25) is 10.0 Å². The van der Waals surface area contributed by atoms with Crippen molar-refractivity contribution in [3.05, 3.63) is 58.2 Å². The molecular formula is C17H14Cl2N4O4S. The highest BCUT2D eigenvalue weighted by Gasteiger charge is 2.18. The molecule has 8 nitrogen and oxygen atoms in total. The highest BCUT2D eigenvalue weighted by molar-refractivity contribution is 7.90. The number of nitrogens with two attached hydrogens (primary N) is 1. The summed E-state index contributed by atoms with van der Waals surface area (Å²) in [6, 6.07) is 9.08. The van der Waals surface area contributed by atoms with E-state index in [0.717, 1.165) is 5.52 Å². The van der Waals surface area contributed by atoms with Crippen LogP contribution in [0.25, 0.3) is 10.9 Å². The predicted molar refractivity (Wildman–Crippen MR) is 107 cm³/mol. The molecule has 2 aromatic carbocycles. The van der Waals surface area contributed by atoms with E-state index in [-0.39, 0.29) is 4.90 Å². The van der Waals surface area contributed by atoms with Gasteiger partial charge >= 0.3 is 6.03 Å². The van der Waals surface area contributed by atoms with Gasteiger partial charge in [0.25, 0.3) is 15.9 Å². The van der Waals surface area contributed by atoms with Crippen LogP contribution in [0.1, 0.15) is 10.5 Å². The molecular weight excluding hydrogens is 427 g/mol. The summed E-state index contributed by atoms with van der Waals surface area (Å²) < 4.78 is 27.1. The third-order valence-electron chi connectivity index (χ3n) is 4.00. The summed E-state index contributed by atoms with van der Waals surface area (Å²) in [5.41, 5.74) is 6.27. The SMILES string of the molecule is Cn1c(C(=O)Nc2ccc(S(=O)(=O)NC(N)=O)cc2)cc2c(Cl)c(Cl)ccc21. The lowest BCUT2D eigenvalue weighted by Gasteiger charge is -2.08. The van der Waals surface area contributed by atoms with Crippen LogP contribution in [-0.4, -0.2) is 24.9 Å². The standard InChI is InChI=1S/C17H14Cl2N4O4S/c1-23-13-7-6-12(18)15(19)11(13)8-14(23)16(24)21-9-2-4-10(5-3-9)28(26,27)22-17(20)25/h2-8H,1H3,(H,21,24)(H3,20,22,25). The number of sulfonamides is 1. The Morgan fingerprint density at radius 2 is 1.71 bits per heavy atom. The molecule has 0 atom stereocenters. The average Bonchev–Trinajstić information content (AvgIpc) is 2.95.